The van der Waals surface area contributed by atoms with Crippen LogP contribution in [-0.2, 0) is 11.0 Å². The van der Waals surface area contributed by atoms with Crippen LogP contribution < -0.4 is 4.89 Å². The van der Waals surface area contributed by atoms with Gasteiger partial charge < -0.3 is 9.94 Å². The molecule has 1 radical (unpaired) electrons. The normalized spacial score (nSPS) is 16.4. The van der Waals surface area contributed by atoms with Crippen molar-refractivity contribution in [2.75, 3.05) is 0 Å². The van der Waals surface area contributed by atoms with Crippen molar-refractivity contribution in [3.8, 4) is 0 Å². The molecule has 0 atom stereocenters. The van der Waals surface area contributed by atoms with E-state index in [4.69, 9.17) is 0 Å². The van der Waals surface area contributed by atoms with E-state index in [1.165, 1.54) is 12.1 Å². The summed E-state index contributed by atoms with van der Waals surface area (Å²) in [6.45, 7) is 0. The second-order valence-electron chi connectivity index (χ2n) is 2.97. The Bertz CT molecular complexity index is 427. The lowest BCUT2D eigenvalue weighted by atomic mass is 10.1. The fraction of sp³-hybridized carbons (Fsp3) is 0.111. The number of alkyl halides is 3. The highest BCUT2D eigenvalue weighted by Crippen LogP contribution is 2.36. The van der Waals surface area contributed by atoms with Crippen molar-refractivity contribution < 1.29 is 23.1 Å². The topological polar surface area (TPSA) is 43.6 Å². The smallest absolute Gasteiger partial charge is 0.416 e. The van der Waals surface area contributed by atoms with Gasteiger partial charge in [-0.15, -0.1) is 0 Å². The van der Waals surface area contributed by atoms with Gasteiger partial charge in [-0.2, -0.15) is 13.2 Å². The monoisotopic (exact) mass is 248 g/mol. The Balaban J connectivity index is 2.30. The first-order valence-corrected chi connectivity index (χ1v) is 4.91. The van der Waals surface area contributed by atoms with Gasteiger partial charge in [0.1, 0.15) is 4.91 Å². The maximum absolute atomic E-state index is 12.3. The van der Waals surface area contributed by atoms with E-state index in [1.807, 2.05) is 0 Å². The number of hydrogen-bond donors (Lipinski definition) is 1. The molecule has 1 N–H and O–H groups in total. The van der Waals surface area contributed by atoms with Gasteiger partial charge in [0.15, 0.2) is 0 Å². The number of nitrogens with zero attached hydrogens (tertiary/aromatic N) is 1. The molecule has 0 bridgehead atoms. The van der Waals surface area contributed by atoms with Crippen LogP contribution in [0.1, 0.15) is 11.1 Å². The van der Waals surface area contributed by atoms with E-state index in [-0.39, 0.29) is 0 Å². The standard InChI is InChI=1S/C9H5F3NO2S/c10-9(11,12)6-3-1-5(2-4-6)7-8(14)15-13-16-7/h1-4,14H. The van der Waals surface area contributed by atoms with Crippen molar-refractivity contribution in [2.45, 2.75) is 6.18 Å². The fourth-order valence-electron chi connectivity index (χ4n) is 1.16. The molecule has 3 nitrogen and oxygen atoms in total. The van der Waals surface area contributed by atoms with Crippen LogP contribution in [0.15, 0.2) is 30.2 Å². The van der Waals surface area contributed by atoms with Crippen LogP contribution in [0.25, 0.3) is 4.91 Å². The van der Waals surface area contributed by atoms with Gasteiger partial charge >= 0.3 is 12.1 Å². The van der Waals surface area contributed by atoms with E-state index in [9.17, 15) is 18.3 Å². The molecule has 1 aliphatic rings. The summed E-state index contributed by atoms with van der Waals surface area (Å²) < 4.78 is 36.8. The molecule has 16 heavy (non-hydrogen) atoms. The average Bonchev–Trinajstić information content (AvgIpc) is 2.63. The molecule has 0 fully saturated rings. The molecule has 1 aliphatic heterocycles. The summed E-state index contributed by atoms with van der Waals surface area (Å²) in [6.07, 6.45) is -4.36. The summed E-state index contributed by atoms with van der Waals surface area (Å²) in [6, 6.07) is 4.39. The summed E-state index contributed by atoms with van der Waals surface area (Å²) >= 11 is 0.868. The largest absolute Gasteiger partial charge is 0.479 e. The lowest BCUT2D eigenvalue weighted by Gasteiger charge is -2.06. The van der Waals surface area contributed by atoms with E-state index in [0.29, 0.717) is 10.5 Å². The lowest BCUT2D eigenvalue weighted by molar-refractivity contribution is -0.137. The average molecular weight is 248 g/mol. The summed E-state index contributed by atoms with van der Waals surface area (Å²) in [5.41, 5.74) is -0.311. The molecule has 0 saturated carbocycles. The molecule has 1 heterocycles. The second kappa shape index (κ2) is 3.91. The quantitative estimate of drug-likeness (QED) is 0.776. The van der Waals surface area contributed by atoms with E-state index in [2.05, 4.69) is 9.72 Å². The Morgan fingerprint density at radius 1 is 1.19 bits per heavy atom. The van der Waals surface area contributed by atoms with Gasteiger partial charge in [0.05, 0.1) is 5.56 Å². The number of hydrogen-bond acceptors (Lipinski definition) is 3. The minimum Gasteiger partial charge on any atom is -0.479 e. The molecule has 0 amide bonds. The van der Waals surface area contributed by atoms with E-state index < -0.39 is 17.7 Å². The Hall–Kier alpha value is -1.34. The predicted octanol–water partition coefficient (Wildman–Crippen LogP) is 3.09. The summed E-state index contributed by atoms with van der Waals surface area (Å²) in [5.74, 6) is -0.398. The van der Waals surface area contributed by atoms with Gasteiger partial charge in [0.2, 0.25) is 0 Å². The number of rotatable bonds is 1. The van der Waals surface area contributed by atoms with E-state index in [1.54, 1.807) is 0 Å². The van der Waals surface area contributed by atoms with Gasteiger partial charge in [-0.25, -0.2) is 0 Å². The zero-order chi connectivity index (χ0) is 11.8. The summed E-state index contributed by atoms with van der Waals surface area (Å²) in [7, 11) is 0. The molecular weight excluding hydrogens is 243 g/mol. The van der Waals surface area contributed by atoms with Crippen molar-refractivity contribution in [1.82, 2.24) is 4.89 Å². The highest BCUT2D eigenvalue weighted by molar-refractivity contribution is 8.06. The third-order valence-electron chi connectivity index (χ3n) is 1.92. The van der Waals surface area contributed by atoms with Crippen LogP contribution in [0.4, 0.5) is 13.2 Å². The Labute approximate surface area is 93.0 Å². The van der Waals surface area contributed by atoms with Crippen molar-refractivity contribution in [1.29, 1.82) is 0 Å². The van der Waals surface area contributed by atoms with Crippen molar-refractivity contribution in [3.05, 3.63) is 41.3 Å². The number of aliphatic hydroxyl groups excluding tert-OH is 1. The van der Waals surface area contributed by atoms with Crippen LogP contribution in [0.2, 0.25) is 0 Å². The van der Waals surface area contributed by atoms with Crippen LogP contribution in [0, 0.1) is 0 Å². The third-order valence-corrected chi connectivity index (χ3v) is 2.66. The molecule has 85 valence electrons. The van der Waals surface area contributed by atoms with Gasteiger partial charge in [-0.05, 0) is 17.7 Å². The summed E-state index contributed by atoms with van der Waals surface area (Å²) in [5, 5.41) is 9.19. The molecular formula is C9H5F3NO2S. The lowest BCUT2D eigenvalue weighted by Crippen LogP contribution is -2.04. The second-order valence-corrected chi connectivity index (χ2v) is 3.71. The number of halogens is 3. The van der Waals surface area contributed by atoms with Gasteiger partial charge in [0, 0.05) is 16.8 Å². The maximum Gasteiger partial charge on any atom is 0.416 e. The van der Waals surface area contributed by atoms with Gasteiger partial charge in [-0.3, -0.25) is 0 Å². The molecule has 0 saturated heterocycles. The van der Waals surface area contributed by atoms with E-state index >= 15 is 0 Å². The van der Waals surface area contributed by atoms with Crippen molar-refractivity contribution in [3.63, 3.8) is 0 Å². The molecule has 1 aromatic carbocycles. The molecule has 7 heteroatoms. The van der Waals surface area contributed by atoms with Crippen molar-refractivity contribution in [2.24, 2.45) is 0 Å². The number of benzene rings is 1. The van der Waals surface area contributed by atoms with Gasteiger partial charge in [-0.1, -0.05) is 12.1 Å². The summed E-state index contributed by atoms with van der Waals surface area (Å²) in [4.78, 5) is 8.08. The molecule has 0 unspecified atom stereocenters. The Morgan fingerprint density at radius 3 is 2.25 bits per heavy atom. The van der Waals surface area contributed by atoms with Gasteiger partial charge in [0.25, 0.3) is 0 Å². The Morgan fingerprint density at radius 2 is 1.81 bits per heavy atom. The molecule has 1 aromatic rings. The van der Waals surface area contributed by atoms with Crippen LogP contribution in [0.5, 0.6) is 0 Å². The van der Waals surface area contributed by atoms with Crippen LogP contribution in [0.3, 0.4) is 0 Å². The minimum atomic E-state index is -4.36. The molecule has 0 aliphatic carbocycles. The first-order chi connectivity index (χ1) is 7.48. The van der Waals surface area contributed by atoms with E-state index in [0.717, 1.165) is 24.1 Å². The first kappa shape index (κ1) is 11.2. The zero-order valence-electron chi connectivity index (χ0n) is 7.65. The van der Waals surface area contributed by atoms with Crippen molar-refractivity contribution >= 4 is 16.9 Å². The molecule has 0 aromatic heterocycles. The van der Waals surface area contributed by atoms with Crippen LogP contribution >= 0.6 is 11.9 Å². The fourth-order valence-corrected chi connectivity index (χ4v) is 1.70. The van der Waals surface area contributed by atoms with Crippen LogP contribution in [-0.4, -0.2) is 5.11 Å². The highest BCUT2D eigenvalue weighted by atomic mass is 32.2. The zero-order valence-corrected chi connectivity index (χ0v) is 8.47. The first-order valence-electron chi connectivity index (χ1n) is 4.14. The molecule has 0 spiro atoms. The highest BCUT2D eigenvalue weighted by Gasteiger charge is 2.30. The number of aliphatic hydroxyl groups is 1. The maximum atomic E-state index is 12.3. The SMILES string of the molecule is OC1=C(c2ccc(C(F)(F)F)cc2)S[N]O1. The minimum absolute atomic E-state index is 0.300. The Kier molecular flexibility index (Phi) is 2.73. The third kappa shape index (κ3) is 2.10. The molecule has 2 rings (SSSR count). The predicted molar refractivity (Wildman–Crippen MR) is 51.8 cm³/mol.